The van der Waals surface area contributed by atoms with Crippen molar-refractivity contribution in [1.82, 2.24) is 15.1 Å². The van der Waals surface area contributed by atoms with Crippen LogP contribution in [0.15, 0.2) is 47.1 Å². The van der Waals surface area contributed by atoms with Crippen molar-refractivity contribution in [2.24, 2.45) is 5.92 Å². The van der Waals surface area contributed by atoms with E-state index in [0.717, 1.165) is 41.7 Å². The van der Waals surface area contributed by atoms with Gasteiger partial charge in [0.25, 0.3) is 5.89 Å². The smallest absolute Gasteiger partial charge is 0.261 e. The third kappa shape index (κ3) is 3.27. The highest BCUT2D eigenvalue weighted by atomic mass is 16.5. The zero-order valence-corrected chi connectivity index (χ0v) is 15.1. The summed E-state index contributed by atoms with van der Waals surface area (Å²) in [6.07, 6.45) is 4.17. The number of rotatable bonds is 4. The van der Waals surface area contributed by atoms with Crippen LogP contribution in [0.25, 0.3) is 22.8 Å². The van der Waals surface area contributed by atoms with E-state index in [2.05, 4.69) is 26.9 Å². The first kappa shape index (κ1) is 16.6. The SMILES string of the molecule is COc1ccc(-c2noc(-c3cccnc3N3CCC(C)CC3)n2)cc1. The van der Waals surface area contributed by atoms with Crippen molar-refractivity contribution >= 4 is 5.82 Å². The molecule has 0 radical (unpaired) electrons. The molecule has 0 N–H and O–H groups in total. The molecule has 3 heterocycles. The first-order valence-corrected chi connectivity index (χ1v) is 8.93. The van der Waals surface area contributed by atoms with Crippen LogP contribution < -0.4 is 9.64 Å². The van der Waals surface area contributed by atoms with E-state index in [1.54, 1.807) is 7.11 Å². The fourth-order valence-electron chi connectivity index (χ4n) is 3.23. The molecule has 26 heavy (non-hydrogen) atoms. The summed E-state index contributed by atoms with van der Waals surface area (Å²) in [6.45, 7) is 4.31. The van der Waals surface area contributed by atoms with Crippen LogP contribution in [0, 0.1) is 5.92 Å². The van der Waals surface area contributed by atoms with Crippen LogP contribution in [0.4, 0.5) is 5.82 Å². The Morgan fingerprint density at radius 2 is 1.88 bits per heavy atom. The zero-order valence-electron chi connectivity index (χ0n) is 15.1. The second kappa shape index (κ2) is 7.15. The molecule has 1 fully saturated rings. The topological polar surface area (TPSA) is 64.3 Å². The van der Waals surface area contributed by atoms with Crippen LogP contribution >= 0.6 is 0 Å². The predicted molar refractivity (Wildman–Crippen MR) is 100 cm³/mol. The first-order chi connectivity index (χ1) is 12.7. The minimum Gasteiger partial charge on any atom is -0.497 e. The maximum Gasteiger partial charge on any atom is 0.261 e. The van der Waals surface area contributed by atoms with Gasteiger partial charge < -0.3 is 14.2 Å². The lowest BCUT2D eigenvalue weighted by Crippen LogP contribution is -2.33. The molecule has 0 spiro atoms. The van der Waals surface area contributed by atoms with Crippen molar-refractivity contribution in [3.63, 3.8) is 0 Å². The number of methoxy groups -OCH3 is 1. The third-order valence-corrected chi connectivity index (χ3v) is 4.87. The molecule has 134 valence electrons. The number of benzene rings is 1. The van der Waals surface area contributed by atoms with Gasteiger partial charge in [-0.15, -0.1) is 0 Å². The molecule has 1 aliphatic heterocycles. The molecule has 4 rings (SSSR count). The summed E-state index contributed by atoms with van der Waals surface area (Å²) in [5, 5.41) is 4.14. The Bertz CT molecular complexity index is 868. The molecule has 1 aliphatic rings. The van der Waals surface area contributed by atoms with Crippen LogP contribution in [-0.2, 0) is 0 Å². The molecule has 0 bridgehead atoms. The molecule has 3 aromatic rings. The van der Waals surface area contributed by atoms with Crippen LogP contribution in [-0.4, -0.2) is 35.3 Å². The van der Waals surface area contributed by atoms with Gasteiger partial charge in [0.15, 0.2) is 0 Å². The Morgan fingerprint density at radius 1 is 1.12 bits per heavy atom. The largest absolute Gasteiger partial charge is 0.497 e. The van der Waals surface area contributed by atoms with Gasteiger partial charge in [0.2, 0.25) is 5.82 Å². The molecule has 1 saturated heterocycles. The lowest BCUT2D eigenvalue weighted by molar-refractivity contribution is 0.414. The zero-order chi connectivity index (χ0) is 17.9. The third-order valence-electron chi connectivity index (χ3n) is 4.87. The van der Waals surface area contributed by atoms with Crippen molar-refractivity contribution in [1.29, 1.82) is 0 Å². The number of piperidine rings is 1. The number of hydrogen-bond acceptors (Lipinski definition) is 6. The molecule has 2 aromatic heterocycles. The number of hydrogen-bond donors (Lipinski definition) is 0. The molecule has 0 aliphatic carbocycles. The maximum atomic E-state index is 5.56. The summed E-state index contributed by atoms with van der Waals surface area (Å²) < 4.78 is 10.7. The standard InChI is InChI=1S/C20H22N4O2/c1-14-9-12-24(13-10-14)19-17(4-3-11-21-19)20-22-18(23-26-20)15-5-7-16(25-2)8-6-15/h3-8,11,14H,9-10,12-13H2,1-2H3. The van der Waals surface area contributed by atoms with Crippen LogP contribution in [0.3, 0.4) is 0 Å². The molecular weight excluding hydrogens is 328 g/mol. The van der Waals surface area contributed by atoms with Crippen molar-refractivity contribution in [2.45, 2.75) is 19.8 Å². The number of ether oxygens (including phenoxy) is 1. The molecule has 1 aromatic carbocycles. The first-order valence-electron chi connectivity index (χ1n) is 8.93. The van der Waals surface area contributed by atoms with E-state index in [1.807, 2.05) is 42.6 Å². The quantitative estimate of drug-likeness (QED) is 0.707. The van der Waals surface area contributed by atoms with Crippen molar-refractivity contribution < 1.29 is 9.26 Å². The Labute approximate surface area is 152 Å². The second-order valence-corrected chi connectivity index (χ2v) is 6.70. The highest BCUT2D eigenvalue weighted by Crippen LogP contribution is 2.31. The van der Waals surface area contributed by atoms with Gasteiger partial charge in [0.05, 0.1) is 12.7 Å². The van der Waals surface area contributed by atoms with Gasteiger partial charge in [0, 0.05) is 24.8 Å². The van der Waals surface area contributed by atoms with Crippen LogP contribution in [0.5, 0.6) is 5.75 Å². The van der Waals surface area contributed by atoms with Crippen molar-refractivity contribution in [2.75, 3.05) is 25.1 Å². The van der Waals surface area contributed by atoms with E-state index in [1.165, 1.54) is 12.8 Å². The van der Waals surface area contributed by atoms with E-state index >= 15 is 0 Å². The summed E-state index contributed by atoms with van der Waals surface area (Å²) in [4.78, 5) is 11.5. The van der Waals surface area contributed by atoms with Gasteiger partial charge in [-0.3, -0.25) is 0 Å². The maximum absolute atomic E-state index is 5.56. The van der Waals surface area contributed by atoms with Crippen molar-refractivity contribution in [3.8, 4) is 28.6 Å². The van der Waals surface area contributed by atoms with Crippen molar-refractivity contribution in [3.05, 3.63) is 42.6 Å². The molecule has 0 amide bonds. The number of nitrogens with zero attached hydrogens (tertiary/aromatic N) is 4. The molecule has 0 unspecified atom stereocenters. The Balaban J connectivity index is 1.63. The van der Waals surface area contributed by atoms with Gasteiger partial charge in [-0.05, 0) is 55.2 Å². The Kier molecular flexibility index (Phi) is 4.56. The number of pyridine rings is 1. The summed E-state index contributed by atoms with van der Waals surface area (Å²) in [5.41, 5.74) is 1.77. The monoisotopic (exact) mass is 350 g/mol. The summed E-state index contributed by atoms with van der Waals surface area (Å²) >= 11 is 0. The molecular formula is C20H22N4O2. The second-order valence-electron chi connectivity index (χ2n) is 6.70. The predicted octanol–water partition coefficient (Wildman–Crippen LogP) is 4.04. The van der Waals surface area contributed by atoms with E-state index < -0.39 is 0 Å². The number of anilines is 1. The van der Waals surface area contributed by atoms with Gasteiger partial charge in [-0.2, -0.15) is 4.98 Å². The average molecular weight is 350 g/mol. The van der Waals surface area contributed by atoms with E-state index in [9.17, 15) is 0 Å². The molecule has 0 atom stereocenters. The minimum absolute atomic E-state index is 0.498. The fourth-order valence-corrected chi connectivity index (χ4v) is 3.23. The Morgan fingerprint density at radius 3 is 2.62 bits per heavy atom. The normalized spacial score (nSPS) is 15.2. The van der Waals surface area contributed by atoms with Gasteiger partial charge >= 0.3 is 0 Å². The van der Waals surface area contributed by atoms with E-state index in [-0.39, 0.29) is 0 Å². The lowest BCUT2D eigenvalue weighted by Gasteiger charge is -2.31. The highest BCUT2D eigenvalue weighted by molar-refractivity contribution is 5.71. The molecule has 6 heteroatoms. The number of aromatic nitrogens is 3. The minimum atomic E-state index is 0.498. The summed E-state index contributed by atoms with van der Waals surface area (Å²) in [6, 6.07) is 11.5. The summed E-state index contributed by atoms with van der Waals surface area (Å²) in [7, 11) is 1.65. The molecule has 6 nitrogen and oxygen atoms in total. The summed E-state index contributed by atoms with van der Waals surface area (Å²) in [5.74, 6) is 3.54. The van der Waals surface area contributed by atoms with E-state index in [4.69, 9.17) is 9.26 Å². The van der Waals surface area contributed by atoms with Gasteiger partial charge in [-0.25, -0.2) is 4.98 Å². The molecule has 0 saturated carbocycles. The van der Waals surface area contributed by atoms with Crippen LogP contribution in [0.2, 0.25) is 0 Å². The van der Waals surface area contributed by atoms with Crippen LogP contribution in [0.1, 0.15) is 19.8 Å². The fraction of sp³-hybridized carbons (Fsp3) is 0.350. The Hall–Kier alpha value is -2.89. The van der Waals surface area contributed by atoms with E-state index in [0.29, 0.717) is 11.7 Å². The lowest BCUT2D eigenvalue weighted by atomic mass is 9.99. The average Bonchev–Trinajstić information content (AvgIpc) is 3.19. The highest BCUT2D eigenvalue weighted by Gasteiger charge is 2.22. The van der Waals surface area contributed by atoms with Gasteiger partial charge in [-0.1, -0.05) is 12.1 Å². The van der Waals surface area contributed by atoms with Gasteiger partial charge in [0.1, 0.15) is 11.6 Å².